The Bertz CT molecular complexity index is 779. The van der Waals surface area contributed by atoms with Crippen LogP contribution < -0.4 is 27.2 Å². The van der Waals surface area contributed by atoms with Gasteiger partial charge in [-0.2, -0.15) is 0 Å². The molecule has 2 aromatic carbocycles. The number of carbonyl (C=O) groups excluding carboxylic acids is 1. The predicted octanol–water partition coefficient (Wildman–Crippen LogP) is -0.923. The molecule has 0 saturated carbocycles. The van der Waals surface area contributed by atoms with Crippen molar-refractivity contribution in [1.29, 1.82) is 0 Å². The van der Waals surface area contributed by atoms with Crippen molar-refractivity contribution < 1.29 is 37.1 Å². The minimum Gasteiger partial charge on any atom is -1.00 e. The monoisotopic (exact) mass is 389 g/mol. The van der Waals surface area contributed by atoms with Crippen LogP contribution in [0.25, 0.3) is 6.08 Å². The van der Waals surface area contributed by atoms with Crippen LogP contribution in [-0.4, -0.2) is 30.3 Å². The standard InChI is InChI=1S/C21H23NO4.ClH/c1-15(21(24)17-5-3-2-4-6-17)22-12-11-18(23)9-7-16-8-10-19-20(13-16)26-14-25-19;/h2-10,13,15,21-22,24H,11-12,14H2,1H3;1H/b9-7+;. The summed E-state index contributed by atoms with van der Waals surface area (Å²) < 4.78 is 10.6. The molecule has 6 heteroatoms. The first-order valence-electron chi connectivity index (χ1n) is 8.80. The van der Waals surface area contributed by atoms with E-state index in [-0.39, 0.29) is 31.0 Å². The summed E-state index contributed by atoms with van der Waals surface area (Å²) in [5.41, 5.74) is 1.80. The lowest BCUT2D eigenvalue weighted by Gasteiger charge is -2.17. The molecule has 2 unspecified atom stereocenters. The fraction of sp³-hybridized carbons (Fsp3) is 0.286. The van der Waals surface area contributed by atoms with Gasteiger partial charge in [0.2, 0.25) is 6.79 Å². The third-order valence-electron chi connectivity index (χ3n) is 4.43. The average Bonchev–Trinajstić information content (AvgIpc) is 3.14. The van der Waals surface area contributed by atoms with Crippen molar-refractivity contribution in [3.05, 3.63) is 65.7 Å². The van der Waals surface area contributed by atoms with Crippen molar-refractivity contribution in [3.63, 3.8) is 0 Å². The maximum Gasteiger partial charge on any atom is 0.231 e. The highest BCUT2D eigenvalue weighted by Crippen LogP contribution is 2.32. The zero-order valence-corrected chi connectivity index (χ0v) is 15.9. The fourth-order valence-electron chi connectivity index (χ4n) is 2.86. The third-order valence-corrected chi connectivity index (χ3v) is 4.43. The van der Waals surface area contributed by atoms with Gasteiger partial charge in [-0.25, -0.2) is 0 Å². The van der Waals surface area contributed by atoms with E-state index in [0.29, 0.717) is 18.7 Å². The number of hydrogen-bond acceptors (Lipinski definition) is 4. The normalized spacial score (nSPS) is 14.6. The summed E-state index contributed by atoms with van der Waals surface area (Å²) in [6.07, 6.45) is 3.25. The number of benzene rings is 2. The average molecular weight is 390 g/mol. The van der Waals surface area contributed by atoms with E-state index in [4.69, 9.17) is 9.47 Å². The zero-order chi connectivity index (χ0) is 18.4. The van der Waals surface area contributed by atoms with E-state index in [0.717, 1.165) is 16.9 Å². The quantitative estimate of drug-likeness (QED) is 0.573. The van der Waals surface area contributed by atoms with Crippen molar-refractivity contribution in [2.75, 3.05) is 13.3 Å². The molecule has 1 heterocycles. The van der Waals surface area contributed by atoms with Gasteiger partial charge < -0.3 is 32.3 Å². The molecular weight excluding hydrogens is 366 g/mol. The van der Waals surface area contributed by atoms with Crippen LogP contribution in [0.3, 0.4) is 0 Å². The van der Waals surface area contributed by atoms with E-state index in [9.17, 15) is 9.90 Å². The smallest absolute Gasteiger partial charge is 0.231 e. The maximum atomic E-state index is 12.0. The Morgan fingerprint density at radius 1 is 1.19 bits per heavy atom. The number of aliphatic hydroxyl groups excluding tert-OH is 1. The summed E-state index contributed by atoms with van der Waals surface area (Å²) in [5.74, 6) is 1.49. The molecule has 1 aliphatic rings. The molecule has 0 aliphatic carbocycles. The number of nitrogens with two attached hydrogens (primary N) is 1. The highest BCUT2D eigenvalue weighted by atomic mass is 35.5. The molecule has 5 nitrogen and oxygen atoms in total. The summed E-state index contributed by atoms with van der Waals surface area (Å²) in [6, 6.07) is 15.2. The molecule has 0 aromatic heterocycles. The van der Waals surface area contributed by atoms with Gasteiger partial charge >= 0.3 is 0 Å². The first kappa shape index (κ1) is 21.0. The summed E-state index contributed by atoms with van der Waals surface area (Å²) in [7, 11) is 0. The van der Waals surface area contributed by atoms with Gasteiger partial charge in [0.1, 0.15) is 12.1 Å². The molecule has 3 rings (SSSR count). The topological polar surface area (TPSA) is 72.4 Å². The predicted molar refractivity (Wildman–Crippen MR) is 98.9 cm³/mol. The van der Waals surface area contributed by atoms with Crippen molar-refractivity contribution in [2.24, 2.45) is 0 Å². The Morgan fingerprint density at radius 3 is 2.70 bits per heavy atom. The Morgan fingerprint density at radius 2 is 1.93 bits per heavy atom. The minimum atomic E-state index is -0.546. The number of fused-ring (bicyclic) bond motifs is 1. The number of allylic oxidation sites excluding steroid dienone is 1. The molecule has 2 atom stereocenters. The maximum absolute atomic E-state index is 12.0. The third kappa shape index (κ3) is 5.82. The number of carbonyl (C=O) groups is 1. The molecule has 0 saturated heterocycles. The van der Waals surface area contributed by atoms with Crippen molar-refractivity contribution in [3.8, 4) is 11.5 Å². The van der Waals surface area contributed by atoms with Gasteiger partial charge in [-0.1, -0.05) is 42.5 Å². The van der Waals surface area contributed by atoms with E-state index in [1.807, 2.05) is 60.8 Å². The molecular formula is C21H24ClNO4. The second kappa shape index (κ2) is 10.1. The fourth-order valence-corrected chi connectivity index (χ4v) is 2.86. The molecule has 0 amide bonds. The first-order valence-corrected chi connectivity index (χ1v) is 8.80. The zero-order valence-electron chi connectivity index (χ0n) is 15.2. The largest absolute Gasteiger partial charge is 1.00 e. The number of hydrogen-bond donors (Lipinski definition) is 2. The molecule has 0 bridgehead atoms. The summed E-state index contributed by atoms with van der Waals surface area (Å²) in [6.45, 7) is 2.84. The van der Waals surface area contributed by atoms with E-state index in [1.165, 1.54) is 0 Å². The number of quaternary nitrogens is 1. The number of ketones is 1. The number of ether oxygens (including phenoxy) is 2. The Kier molecular flexibility index (Phi) is 7.85. The van der Waals surface area contributed by atoms with Gasteiger partial charge in [0.05, 0.1) is 13.0 Å². The van der Waals surface area contributed by atoms with E-state index < -0.39 is 6.10 Å². The lowest BCUT2D eigenvalue weighted by atomic mass is 10.0. The van der Waals surface area contributed by atoms with Gasteiger partial charge in [-0.3, -0.25) is 4.79 Å². The number of rotatable bonds is 8. The summed E-state index contributed by atoms with van der Waals surface area (Å²) in [4.78, 5) is 12.0. The van der Waals surface area contributed by atoms with Crippen LogP contribution in [0.2, 0.25) is 0 Å². The van der Waals surface area contributed by atoms with Gasteiger partial charge in [0.25, 0.3) is 0 Å². The van der Waals surface area contributed by atoms with Crippen molar-refractivity contribution >= 4 is 11.9 Å². The lowest BCUT2D eigenvalue weighted by molar-refractivity contribution is -0.693. The molecule has 0 spiro atoms. The molecule has 0 radical (unpaired) electrons. The Hall–Kier alpha value is -2.34. The first-order chi connectivity index (χ1) is 12.6. The second-order valence-corrected chi connectivity index (χ2v) is 6.40. The molecule has 3 N–H and O–H groups in total. The van der Waals surface area contributed by atoms with E-state index >= 15 is 0 Å². The van der Waals surface area contributed by atoms with Crippen molar-refractivity contribution in [1.82, 2.24) is 0 Å². The lowest BCUT2D eigenvalue weighted by Crippen LogP contribution is -3.00. The van der Waals surface area contributed by atoms with E-state index in [1.54, 1.807) is 12.2 Å². The number of halogens is 1. The van der Waals surface area contributed by atoms with Crippen LogP contribution in [0.15, 0.2) is 54.6 Å². The van der Waals surface area contributed by atoms with Crippen molar-refractivity contribution in [2.45, 2.75) is 25.5 Å². The van der Waals surface area contributed by atoms with Gasteiger partial charge in [0.15, 0.2) is 17.3 Å². The van der Waals surface area contributed by atoms with Crippen LogP contribution >= 0.6 is 0 Å². The Balaban J connectivity index is 0.00000261. The Labute approximate surface area is 165 Å². The molecule has 27 heavy (non-hydrogen) atoms. The van der Waals surface area contributed by atoms with Gasteiger partial charge in [0, 0.05) is 0 Å². The van der Waals surface area contributed by atoms with Crippen LogP contribution in [0.5, 0.6) is 11.5 Å². The van der Waals surface area contributed by atoms with Crippen LogP contribution in [0.4, 0.5) is 0 Å². The molecule has 2 aromatic rings. The molecule has 1 aliphatic heterocycles. The summed E-state index contributed by atoms with van der Waals surface area (Å²) in [5, 5.41) is 12.3. The SMILES string of the molecule is CC([NH2+]CCC(=O)/C=C/c1ccc2c(c1)OCO2)C(O)c1ccccc1.[Cl-]. The van der Waals surface area contributed by atoms with Gasteiger partial charge in [-0.15, -0.1) is 0 Å². The number of aliphatic hydroxyl groups is 1. The highest BCUT2D eigenvalue weighted by molar-refractivity contribution is 5.93. The second-order valence-electron chi connectivity index (χ2n) is 6.40. The molecule has 144 valence electrons. The van der Waals surface area contributed by atoms with Gasteiger partial charge in [-0.05, 0) is 36.3 Å². The minimum absolute atomic E-state index is 0. The highest BCUT2D eigenvalue weighted by Gasteiger charge is 2.18. The van der Waals surface area contributed by atoms with Crippen LogP contribution in [-0.2, 0) is 4.79 Å². The summed E-state index contributed by atoms with van der Waals surface area (Å²) >= 11 is 0. The van der Waals surface area contributed by atoms with E-state index in [2.05, 4.69) is 0 Å². The van der Waals surface area contributed by atoms with Crippen LogP contribution in [0.1, 0.15) is 30.6 Å². The van der Waals surface area contributed by atoms with Crippen LogP contribution in [0, 0.1) is 0 Å². The molecule has 0 fully saturated rings.